The lowest BCUT2D eigenvalue weighted by atomic mass is 10.1. The first kappa shape index (κ1) is 14.9. The Bertz CT molecular complexity index is 649. The highest BCUT2D eigenvalue weighted by molar-refractivity contribution is 5.64. The fraction of sp³-hybridized carbons (Fsp3) is 0.312. The SMILES string of the molecule is CCNc1cc(-c2cccc(C#N)c2)nc(COCC)n1. The molecule has 0 saturated carbocycles. The normalized spacial score (nSPS) is 10.1. The maximum absolute atomic E-state index is 9.00. The molecule has 1 aromatic carbocycles. The standard InChI is InChI=1S/C16H18N4O/c1-3-18-15-9-14(19-16(20-15)11-21-4-2)13-7-5-6-12(8-13)10-17/h5-9H,3-4,11H2,1-2H3,(H,18,19,20). The van der Waals surface area contributed by atoms with Crippen LogP contribution in [0.2, 0.25) is 0 Å². The van der Waals surface area contributed by atoms with Crippen LogP contribution in [0.15, 0.2) is 30.3 Å². The number of nitrogens with zero attached hydrogens (tertiary/aromatic N) is 3. The summed E-state index contributed by atoms with van der Waals surface area (Å²) in [6, 6.07) is 11.4. The number of anilines is 1. The summed E-state index contributed by atoms with van der Waals surface area (Å²) < 4.78 is 5.38. The summed E-state index contributed by atoms with van der Waals surface area (Å²) >= 11 is 0. The van der Waals surface area contributed by atoms with Gasteiger partial charge in [-0.1, -0.05) is 12.1 Å². The van der Waals surface area contributed by atoms with Crippen molar-refractivity contribution in [3.05, 3.63) is 41.7 Å². The molecule has 108 valence electrons. The van der Waals surface area contributed by atoms with Crippen LogP contribution >= 0.6 is 0 Å². The van der Waals surface area contributed by atoms with Crippen molar-refractivity contribution < 1.29 is 4.74 Å². The molecule has 1 aromatic heterocycles. The van der Waals surface area contributed by atoms with E-state index >= 15 is 0 Å². The van der Waals surface area contributed by atoms with E-state index in [0.29, 0.717) is 24.6 Å². The van der Waals surface area contributed by atoms with Crippen LogP contribution in [0.25, 0.3) is 11.3 Å². The van der Waals surface area contributed by atoms with Crippen molar-refractivity contribution in [3.63, 3.8) is 0 Å². The summed E-state index contributed by atoms with van der Waals surface area (Å²) in [4.78, 5) is 8.93. The molecule has 21 heavy (non-hydrogen) atoms. The van der Waals surface area contributed by atoms with Crippen LogP contribution in [-0.4, -0.2) is 23.1 Å². The van der Waals surface area contributed by atoms with Gasteiger partial charge in [0.1, 0.15) is 12.4 Å². The largest absolute Gasteiger partial charge is 0.374 e. The topological polar surface area (TPSA) is 70.8 Å². The fourth-order valence-corrected chi connectivity index (χ4v) is 1.92. The Labute approximate surface area is 124 Å². The van der Waals surface area contributed by atoms with Gasteiger partial charge in [0.15, 0.2) is 5.82 Å². The number of hydrogen-bond acceptors (Lipinski definition) is 5. The third kappa shape index (κ3) is 4.01. The minimum Gasteiger partial charge on any atom is -0.374 e. The molecular formula is C16H18N4O. The third-order valence-electron chi connectivity index (χ3n) is 2.85. The summed E-state index contributed by atoms with van der Waals surface area (Å²) in [6.07, 6.45) is 0. The van der Waals surface area contributed by atoms with Gasteiger partial charge in [0.2, 0.25) is 0 Å². The zero-order valence-electron chi connectivity index (χ0n) is 12.3. The number of hydrogen-bond donors (Lipinski definition) is 1. The lowest BCUT2D eigenvalue weighted by Gasteiger charge is -2.09. The van der Waals surface area contributed by atoms with Crippen LogP contribution < -0.4 is 5.32 Å². The maximum atomic E-state index is 9.00. The number of nitrogens with one attached hydrogen (secondary N) is 1. The zero-order chi connectivity index (χ0) is 15.1. The predicted octanol–water partition coefficient (Wildman–Crippen LogP) is 2.98. The Hall–Kier alpha value is -2.45. The second-order valence-electron chi connectivity index (χ2n) is 4.41. The first-order valence-corrected chi connectivity index (χ1v) is 6.97. The van der Waals surface area contributed by atoms with Crippen LogP contribution in [0.5, 0.6) is 0 Å². The van der Waals surface area contributed by atoms with E-state index in [4.69, 9.17) is 10.00 Å². The Kier molecular flexibility index (Phi) is 5.24. The zero-order valence-corrected chi connectivity index (χ0v) is 12.3. The third-order valence-corrected chi connectivity index (χ3v) is 2.85. The summed E-state index contributed by atoms with van der Waals surface area (Å²) in [5.41, 5.74) is 2.29. The van der Waals surface area contributed by atoms with Crippen LogP contribution in [0.3, 0.4) is 0 Å². The number of benzene rings is 1. The van der Waals surface area contributed by atoms with Gasteiger partial charge in [-0.05, 0) is 26.0 Å². The smallest absolute Gasteiger partial charge is 0.157 e. The molecule has 2 rings (SSSR count). The Balaban J connectivity index is 2.40. The number of aromatic nitrogens is 2. The molecule has 0 aliphatic carbocycles. The first-order valence-electron chi connectivity index (χ1n) is 6.97. The lowest BCUT2D eigenvalue weighted by molar-refractivity contribution is 0.128. The number of rotatable bonds is 6. The average Bonchev–Trinajstić information content (AvgIpc) is 2.53. The van der Waals surface area contributed by atoms with Gasteiger partial charge < -0.3 is 10.1 Å². The van der Waals surface area contributed by atoms with E-state index in [9.17, 15) is 0 Å². The van der Waals surface area contributed by atoms with Crippen molar-refractivity contribution in [3.8, 4) is 17.3 Å². The molecule has 0 aliphatic heterocycles. The van der Waals surface area contributed by atoms with Crippen LogP contribution in [0.1, 0.15) is 25.2 Å². The van der Waals surface area contributed by atoms with Crippen molar-refractivity contribution >= 4 is 5.82 Å². The summed E-state index contributed by atoms with van der Waals surface area (Å²) in [6.45, 7) is 5.73. The fourth-order valence-electron chi connectivity index (χ4n) is 1.92. The highest BCUT2D eigenvalue weighted by Crippen LogP contribution is 2.21. The molecule has 0 fully saturated rings. The monoisotopic (exact) mass is 282 g/mol. The Morgan fingerprint density at radius 1 is 1.24 bits per heavy atom. The molecule has 0 bridgehead atoms. The summed E-state index contributed by atoms with van der Waals surface area (Å²) in [5, 5.41) is 12.2. The molecule has 5 nitrogen and oxygen atoms in total. The van der Waals surface area contributed by atoms with Crippen molar-refractivity contribution in [2.75, 3.05) is 18.5 Å². The van der Waals surface area contributed by atoms with Gasteiger partial charge in [-0.2, -0.15) is 5.26 Å². The quantitative estimate of drug-likeness (QED) is 0.882. The van der Waals surface area contributed by atoms with Crippen molar-refractivity contribution in [2.24, 2.45) is 0 Å². The molecule has 0 spiro atoms. The Morgan fingerprint density at radius 2 is 2.10 bits per heavy atom. The highest BCUT2D eigenvalue weighted by atomic mass is 16.5. The number of nitriles is 1. The summed E-state index contributed by atoms with van der Waals surface area (Å²) in [5.74, 6) is 1.40. The minimum absolute atomic E-state index is 0.376. The molecule has 0 unspecified atom stereocenters. The summed E-state index contributed by atoms with van der Waals surface area (Å²) in [7, 11) is 0. The van der Waals surface area contributed by atoms with Gasteiger partial charge in [-0.3, -0.25) is 0 Å². The first-order chi connectivity index (χ1) is 10.3. The molecule has 0 saturated heterocycles. The van der Waals surface area contributed by atoms with Gasteiger partial charge >= 0.3 is 0 Å². The van der Waals surface area contributed by atoms with E-state index in [1.54, 1.807) is 6.07 Å². The van der Waals surface area contributed by atoms with E-state index in [1.807, 2.05) is 38.1 Å². The Morgan fingerprint density at radius 3 is 2.81 bits per heavy atom. The van der Waals surface area contributed by atoms with Crippen LogP contribution in [0.4, 0.5) is 5.82 Å². The van der Waals surface area contributed by atoms with E-state index in [2.05, 4.69) is 21.4 Å². The van der Waals surface area contributed by atoms with E-state index in [-0.39, 0.29) is 0 Å². The lowest BCUT2D eigenvalue weighted by Crippen LogP contribution is -2.06. The van der Waals surface area contributed by atoms with Gasteiger partial charge in [-0.25, -0.2) is 9.97 Å². The minimum atomic E-state index is 0.376. The molecule has 0 aliphatic rings. The van der Waals surface area contributed by atoms with Gasteiger partial charge in [-0.15, -0.1) is 0 Å². The average molecular weight is 282 g/mol. The van der Waals surface area contributed by atoms with Crippen molar-refractivity contribution in [1.82, 2.24) is 9.97 Å². The molecule has 2 aromatic rings. The van der Waals surface area contributed by atoms with Crippen LogP contribution in [-0.2, 0) is 11.3 Å². The van der Waals surface area contributed by atoms with Gasteiger partial charge in [0.05, 0.1) is 17.3 Å². The van der Waals surface area contributed by atoms with Gasteiger partial charge in [0, 0.05) is 24.8 Å². The van der Waals surface area contributed by atoms with E-state index < -0.39 is 0 Å². The van der Waals surface area contributed by atoms with E-state index in [1.165, 1.54) is 0 Å². The molecule has 0 atom stereocenters. The van der Waals surface area contributed by atoms with Gasteiger partial charge in [0.25, 0.3) is 0 Å². The maximum Gasteiger partial charge on any atom is 0.157 e. The molecule has 1 N–H and O–H groups in total. The van der Waals surface area contributed by atoms with E-state index in [0.717, 1.165) is 23.6 Å². The molecule has 0 radical (unpaired) electrons. The number of ether oxygens (including phenoxy) is 1. The molecular weight excluding hydrogens is 264 g/mol. The van der Waals surface area contributed by atoms with Crippen LogP contribution in [0, 0.1) is 11.3 Å². The second-order valence-corrected chi connectivity index (χ2v) is 4.41. The van der Waals surface area contributed by atoms with Crippen molar-refractivity contribution in [1.29, 1.82) is 5.26 Å². The second kappa shape index (κ2) is 7.36. The molecule has 1 heterocycles. The predicted molar refractivity (Wildman–Crippen MR) is 81.7 cm³/mol. The highest BCUT2D eigenvalue weighted by Gasteiger charge is 2.07. The van der Waals surface area contributed by atoms with Crippen molar-refractivity contribution in [2.45, 2.75) is 20.5 Å². The molecule has 5 heteroatoms. The molecule has 0 amide bonds.